The van der Waals surface area contributed by atoms with E-state index in [0.717, 1.165) is 0 Å². The number of aliphatic hydroxyl groups excluding tert-OH is 5. The van der Waals surface area contributed by atoms with Gasteiger partial charge in [-0.1, -0.05) is 97.9 Å². The summed E-state index contributed by atoms with van der Waals surface area (Å²) in [6.07, 6.45) is -12.3. The van der Waals surface area contributed by atoms with Crippen LogP contribution in [-0.4, -0.2) is 302 Å². The summed E-state index contributed by atoms with van der Waals surface area (Å²) in [6.45, 7) is 15.4. The molecule has 0 saturated carbocycles. The molecule has 0 aromatic heterocycles. The van der Waals surface area contributed by atoms with E-state index >= 15 is 0 Å². The van der Waals surface area contributed by atoms with Gasteiger partial charge >= 0.3 is 5.97 Å². The van der Waals surface area contributed by atoms with E-state index in [0.29, 0.717) is 24.0 Å². The molecular formula is C87H142N20O27. The molecule has 0 spiro atoms. The number of aliphatic hydroxyl groups is 5. The van der Waals surface area contributed by atoms with Gasteiger partial charge in [-0.25, -0.2) is 0 Å². The maximum atomic E-state index is 14.5. The van der Waals surface area contributed by atoms with Crippen molar-refractivity contribution in [3.05, 3.63) is 65.7 Å². The molecule has 32 N–H and O–H groups in total. The lowest BCUT2D eigenvalue weighted by atomic mass is 9.98. The van der Waals surface area contributed by atoms with Crippen LogP contribution in [0.15, 0.2) is 54.6 Å². The molecule has 1 heterocycles. The van der Waals surface area contributed by atoms with Gasteiger partial charge < -0.3 is 154 Å². The number of rotatable bonds is 61. The molecule has 1 aliphatic rings. The first-order valence-corrected chi connectivity index (χ1v) is 44.7. The number of phenols is 1. The van der Waals surface area contributed by atoms with Gasteiger partial charge in [-0.05, 0) is 165 Å². The molecule has 3 rings (SSSR count). The van der Waals surface area contributed by atoms with Crippen molar-refractivity contribution < 1.29 is 132 Å². The number of unbranched alkanes of at least 4 members (excludes halogenated alkanes) is 2. The average molecular weight is 1900 g/mol. The van der Waals surface area contributed by atoms with Crippen LogP contribution in [0.1, 0.15) is 178 Å². The van der Waals surface area contributed by atoms with Crippen LogP contribution in [0.4, 0.5) is 0 Å². The highest BCUT2D eigenvalue weighted by atomic mass is 16.7. The standard InChI is InChI=1S/C87H142N20O27/c1-43(2)32-56(72(92)119)100-82(129)62(42-133-85-71(118)70(117)69(116)63(41-108)134-85)104-77(124)54(23-17-19-31-89)99-79(126)58(34-45(5)6)101-73(120)47(9)95-76(123)53(22-16-18-30-88)98-78(125)55(28-29-67(114)115)105-86(132)87(11,12)107-83(130)59(35-46(7)8)103-81(128)61(38-64(91)111)97-65(112)39-93-75(122)57(33-44(3)4)102-80(127)60(37-49-20-14-13-15-21-49)96-66(113)40-94-84(131)68(48(10)109)106-74(121)52(90)36-50-24-26-51(110)27-25-50/h13-15,20-21,24-27,43-48,52-63,68-71,85,108-110,116-118H,16-19,22-23,28-42,88-90H2,1-12H3,(H2,91,111)(H2,92,119)(H,93,122)(H,94,131)(H,95,123)(H,96,113)(H,97,112)(H,98,125)(H,99,126)(H,100,129)(H,101,120)(H,102,127)(H,103,128)(H,104,124)(H,105,132)(H,106,121)(H,107,130)(H,114,115)/t47-,48+,52-,53-,54-,55-,56-,57-,58-,59-,60-,61-,62-,63+,68-,69+,70-,71+,85+/m0/s1. The number of phenolic OH excluding ortho intramolecular Hbond substituents is 1. The van der Waals surface area contributed by atoms with Gasteiger partial charge in [-0.15, -0.1) is 0 Å². The number of carboxylic acid groups (broad SMARTS) is 1. The van der Waals surface area contributed by atoms with Crippen LogP contribution in [0.2, 0.25) is 0 Å². The Labute approximate surface area is 777 Å². The lowest BCUT2D eigenvalue weighted by Crippen LogP contribution is -2.63. The fourth-order valence-electron chi connectivity index (χ4n) is 13.7. The zero-order valence-electron chi connectivity index (χ0n) is 78.0. The molecule has 1 saturated heterocycles. The zero-order valence-corrected chi connectivity index (χ0v) is 78.0. The topological polar surface area (TPSA) is 778 Å². The quantitative estimate of drug-likeness (QED) is 0.0274. The van der Waals surface area contributed by atoms with Crippen LogP contribution < -0.4 is 108 Å². The van der Waals surface area contributed by atoms with Crippen LogP contribution in [0.25, 0.3) is 0 Å². The first-order chi connectivity index (χ1) is 62.8. The number of primary amides is 2. The molecule has 1 aliphatic heterocycles. The van der Waals surface area contributed by atoms with E-state index in [2.05, 4.69) is 79.8 Å². The molecule has 2 aromatic carbocycles. The van der Waals surface area contributed by atoms with E-state index in [1.165, 1.54) is 52.0 Å². The van der Waals surface area contributed by atoms with Gasteiger partial charge in [0.25, 0.3) is 0 Å². The van der Waals surface area contributed by atoms with Crippen molar-refractivity contribution in [2.24, 2.45) is 52.3 Å². The predicted molar refractivity (Wildman–Crippen MR) is 482 cm³/mol. The zero-order chi connectivity index (χ0) is 101. The van der Waals surface area contributed by atoms with Crippen molar-refractivity contribution in [3.63, 3.8) is 0 Å². The molecule has 0 radical (unpaired) electrons. The highest BCUT2D eigenvalue weighted by Crippen LogP contribution is 2.24. The van der Waals surface area contributed by atoms with Gasteiger partial charge in [0.1, 0.15) is 108 Å². The molecule has 134 heavy (non-hydrogen) atoms. The largest absolute Gasteiger partial charge is 0.508 e. The van der Waals surface area contributed by atoms with E-state index < -0.39 is 279 Å². The summed E-state index contributed by atoms with van der Waals surface area (Å²) in [4.78, 5) is 248. The van der Waals surface area contributed by atoms with Crippen LogP contribution in [-0.2, 0) is 109 Å². The number of carbonyl (C=O) groups excluding carboxylic acids is 17. The Morgan fingerprint density at radius 2 is 0.873 bits per heavy atom. The normalized spacial score (nSPS) is 18.0. The maximum Gasteiger partial charge on any atom is 0.303 e. The summed E-state index contributed by atoms with van der Waals surface area (Å²) in [6, 6.07) is -5.60. The number of amides is 17. The van der Waals surface area contributed by atoms with Crippen LogP contribution in [0, 0.1) is 23.7 Å². The van der Waals surface area contributed by atoms with Crippen molar-refractivity contribution >= 4 is 106 Å². The number of hydrogen-bond donors (Lipinski definition) is 27. The fourth-order valence-corrected chi connectivity index (χ4v) is 13.7. The van der Waals surface area contributed by atoms with Crippen LogP contribution in [0.5, 0.6) is 5.75 Å². The highest BCUT2D eigenvalue weighted by molar-refractivity contribution is 6.01. The number of carbonyl (C=O) groups is 18. The monoisotopic (exact) mass is 1900 g/mol. The number of hydrogen-bond acceptors (Lipinski definition) is 29. The summed E-state index contributed by atoms with van der Waals surface area (Å²) in [5.74, 6) is -19.7. The third-order valence-electron chi connectivity index (χ3n) is 21.1. The number of carboxylic acids is 1. The summed E-state index contributed by atoms with van der Waals surface area (Å²) in [5, 5.41) is 108. The lowest BCUT2D eigenvalue weighted by Gasteiger charge is -2.40. The van der Waals surface area contributed by atoms with Crippen molar-refractivity contribution in [1.29, 1.82) is 0 Å². The third kappa shape index (κ3) is 42.3. The SMILES string of the molecule is CC(C)C[C@H](NC(=O)[C@H](CO[C@@H]1O[C@H](CO)[C@@H](O)[C@H](O)[C@H]1O)NC(=O)[C@H](CCCCN)NC(=O)[C@H](CC(C)C)NC(=O)[C@H](C)NC(=O)[C@H](CCCCN)NC(=O)[C@H](CCC(=O)O)NC(=O)C(C)(C)NC(=O)[C@H](CC(C)C)NC(=O)[C@H](CC(N)=O)NC(=O)CNC(=O)[C@H](CC(C)C)NC(=O)[C@H](Cc1ccccc1)NC(=O)CNC(=O)[C@@H](NC(=O)[C@@H](N)Cc1ccc(O)cc1)[C@@H](C)O)C(N)=O. The summed E-state index contributed by atoms with van der Waals surface area (Å²) in [5.41, 5.74) is 27.9. The third-order valence-corrected chi connectivity index (χ3v) is 21.1. The van der Waals surface area contributed by atoms with E-state index in [1.807, 2.05) is 0 Å². The van der Waals surface area contributed by atoms with E-state index in [-0.39, 0.29) is 101 Å². The first-order valence-electron chi connectivity index (χ1n) is 44.7. The van der Waals surface area contributed by atoms with E-state index in [9.17, 15) is 122 Å². The molecule has 17 amide bonds. The number of ether oxygens (including phenoxy) is 2. The minimum atomic E-state index is -2.05. The molecule has 19 atom stereocenters. The summed E-state index contributed by atoms with van der Waals surface area (Å²) >= 11 is 0. The Morgan fingerprint density at radius 1 is 0.448 bits per heavy atom. The summed E-state index contributed by atoms with van der Waals surface area (Å²) < 4.78 is 11.1. The Hall–Kier alpha value is -11.7. The fraction of sp³-hybridized carbons (Fsp3) is 0.655. The second-order valence-electron chi connectivity index (χ2n) is 35.5. The smallest absolute Gasteiger partial charge is 0.303 e. The molecule has 1 fully saturated rings. The average Bonchev–Trinajstić information content (AvgIpc) is 0.856. The number of nitrogens with two attached hydrogens (primary N) is 5. The molecule has 47 nitrogen and oxygen atoms in total. The van der Waals surface area contributed by atoms with Crippen molar-refractivity contribution in [1.82, 2.24) is 79.8 Å². The lowest BCUT2D eigenvalue weighted by molar-refractivity contribution is -0.301. The molecule has 752 valence electrons. The number of aliphatic carboxylic acids is 1. The molecule has 0 aliphatic carbocycles. The Balaban J connectivity index is 1.82. The molecule has 0 unspecified atom stereocenters. The number of aromatic hydroxyl groups is 1. The number of nitrogens with one attached hydrogen (secondary N) is 15. The first kappa shape index (κ1) is 116. The minimum Gasteiger partial charge on any atom is -0.508 e. The van der Waals surface area contributed by atoms with Crippen LogP contribution >= 0.6 is 0 Å². The Kier molecular flexibility index (Phi) is 50.8. The predicted octanol–water partition coefficient (Wildman–Crippen LogP) is -7.67. The van der Waals surface area contributed by atoms with Gasteiger partial charge in [-0.3, -0.25) is 86.3 Å². The summed E-state index contributed by atoms with van der Waals surface area (Å²) in [7, 11) is 0. The van der Waals surface area contributed by atoms with Crippen molar-refractivity contribution in [2.75, 3.05) is 39.4 Å². The second-order valence-corrected chi connectivity index (χ2v) is 35.5. The van der Waals surface area contributed by atoms with Gasteiger partial charge in [-0.2, -0.15) is 0 Å². The van der Waals surface area contributed by atoms with E-state index in [4.69, 9.17) is 38.1 Å². The molecular weight excluding hydrogens is 1760 g/mol. The second kappa shape index (κ2) is 58.5. The Bertz CT molecular complexity index is 4220. The Morgan fingerprint density at radius 3 is 1.37 bits per heavy atom. The number of benzene rings is 2. The van der Waals surface area contributed by atoms with Gasteiger partial charge in [0.2, 0.25) is 100 Å². The highest BCUT2D eigenvalue weighted by Gasteiger charge is 2.46. The van der Waals surface area contributed by atoms with E-state index in [1.54, 1.807) is 85.7 Å². The van der Waals surface area contributed by atoms with Crippen molar-refractivity contribution in [2.45, 2.75) is 300 Å². The van der Waals surface area contributed by atoms with Crippen molar-refractivity contribution in [3.8, 4) is 5.75 Å². The van der Waals surface area contributed by atoms with Gasteiger partial charge in [0.05, 0.1) is 44.9 Å². The minimum absolute atomic E-state index is 0.00344. The molecule has 2 aromatic rings. The molecule has 0 bridgehead atoms. The maximum absolute atomic E-state index is 14.5. The van der Waals surface area contributed by atoms with Gasteiger partial charge in [0, 0.05) is 12.8 Å². The van der Waals surface area contributed by atoms with Crippen LogP contribution in [0.3, 0.4) is 0 Å². The van der Waals surface area contributed by atoms with Gasteiger partial charge in [0.15, 0.2) is 6.29 Å². The molecule has 47 heteroatoms.